The van der Waals surface area contributed by atoms with Gasteiger partial charge < -0.3 is 15.0 Å². The number of nitrogens with zero attached hydrogens (tertiary/aromatic N) is 2. The predicted octanol–water partition coefficient (Wildman–Crippen LogP) is 4.48. The fraction of sp³-hybridized carbons (Fsp3) is 0.423. The van der Waals surface area contributed by atoms with E-state index in [1.165, 1.54) is 12.8 Å². The van der Waals surface area contributed by atoms with Gasteiger partial charge in [-0.1, -0.05) is 30.3 Å². The maximum atomic E-state index is 12.5. The monoisotopic (exact) mass is 484 g/mol. The Kier molecular flexibility index (Phi) is 9.62. The number of ether oxygens (including phenoxy) is 1. The number of anilines is 1. The summed E-state index contributed by atoms with van der Waals surface area (Å²) in [7, 11) is 1.77. The topological polar surface area (TPSA) is 87.3 Å². The van der Waals surface area contributed by atoms with Gasteiger partial charge in [0, 0.05) is 36.7 Å². The Morgan fingerprint density at radius 3 is 2.82 bits per heavy atom. The number of aromatic nitrogens is 2. The lowest BCUT2D eigenvalue weighted by atomic mass is 9.99. The summed E-state index contributed by atoms with van der Waals surface area (Å²) in [6.45, 7) is 4.11. The molecule has 0 radical (unpaired) electrons. The molecule has 2 aromatic carbocycles. The molecule has 1 saturated heterocycles. The zero-order chi connectivity index (χ0) is 23.0. The second-order valence-corrected chi connectivity index (χ2v) is 8.80. The zero-order valence-electron chi connectivity index (χ0n) is 19.6. The number of fused-ring (bicyclic) bond motifs is 1. The average molecular weight is 485 g/mol. The van der Waals surface area contributed by atoms with Crippen molar-refractivity contribution in [2.45, 2.75) is 32.1 Å². The van der Waals surface area contributed by atoms with Crippen molar-refractivity contribution in [1.29, 1.82) is 0 Å². The molecule has 8 heteroatoms. The number of nitrogens with one attached hydrogen (secondary N) is 2. The van der Waals surface area contributed by atoms with Gasteiger partial charge in [0.1, 0.15) is 0 Å². The van der Waals surface area contributed by atoms with Gasteiger partial charge in [0.15, 0.2) is 0 Å². The van der Waals surface area contributed by atoms with E-state index in [-0.39, 0.29) is 23.9 Å². The molecule has 1 unspecified atom stereocenters. The average Bonchev–Trinajstić information content (AvgIpc) is 2.83. The SMILES string of the molecule is COCC1CCCN(CCCCC(=O)Nc2cccc(-c3n[nH]c(=O)c4ccccc34)c2)C1.Cl. The van der Waals surface area contributed by atoms with Gasteiger partial charge >= 0.3 is 0 Å². The van der Waals surface area contributed by atoms with E-state index in [4.69, 9.17) is 4.74 Å². The normalized spacial score (nSPS) is 16.2. The standard InChI is InChI=1S/C26H32N4O3.ClH/c1-33-18-19-8-7-15-30(17-19)14-5-4-13-24(31)27-21-10-6-9-20(16-21)25-22-11-2-3-12-23(22)26(32)29-28-25;/h2-3,6,9-12,16,19H,4-5,7-8,13-15,17-18H2,1H3,(H,27,31)(H,29,32);1H. The lowest BCUT2D eigenvalue weighted by molar-refractivity contribution is -0.116. The Morgan fingerprint density at radius 2 is 2.00 bits per heavy atom. The molecule has 1 fully saturated rings. The van der Waals surface area contributed by atoms with Crippen LogP contribution in [0.15, 0.2) is 53.3 Å². The van der Waals surface area contributed by atoms with Crippen molar-refractivity contribution < 1.29 is 9.53 Å². The van der Waals surface area contributed by atoms with E-state index >= 15 is 0 Å². The molecule has 1 aliphatic rings. The molecule has 1 amide bonds. The molecule has 7 nitrogen and oxygen atoms in total. The van der Waals surface area contributed by atoms with E-state index in [0.717, 1.165) is 55.7 Å². The number of piperidine rings is 1. The minimum absolute atomic E-state index is 0. The Bertz CT molecular complexity index is 1150. The number of H-pyrrole nitrogens is 1. The summed E-state index contributed by atoms with van der Waals surface area (Å²) >= 11 is 0. The molecule has 2 N–H and O–H groups in total. The second-order valence-electron chi connectivity index (χ2n) is 8.80. The highest BCUT2D eigenvalue weighted by Crippen LogP contribution is 2.26. The first-order chi connectivity index (χ1) is 16.1. The lowest BCUT2D eigenvalue weighted by Gasteiger charge is -2.32. The number of rotatable bonds is 9. The third-order valence-corrected chi connectivity index (χ3v) is 6.25. The van der Waals surface area contributed by atoms with Crippen LogP contribution in [-0.4, -0.2) is 54.4 Å². The third-order valence-electron chi connectivity index (χ3n) is 6.25. The number of unbranched alkanes of at least 4 members (excludes halogenated alkanes) is 1. The molecule has 0 aliphatic carbocycles. The quantitative estimate of drug-likeness (QED) is 0.437. The lowest BCUT2D eigenvalue weighted by Crippen LogP contribution is -2.37. The first-order valence-corrected chi connectivity index (χ1v) is 11.7. The van der Waals surface area contributed by atoms with Crippen LogP contribution in [0.3, 0.4) is 0 Å². The molecule has 1 aromatic heterocycles. The van der Waals surface area contributed by atoms with Crippen LogP contribution in [0, 0.1) is 5.92 Å². The van der Waals surface area contributed by atoms with E-state index in [2.05, 4.69) is 20.4 Å². The molecule has 0 spiro atoms. The van der Waals surface area contributed by atoms with Gasteiger partial charge in [0.2, 0.25) is 5.91 Å². The fourth-order valence-corrected chi connectivity index (χ4v) is 4.65. The highest BCUT2D eigenvalue weighted by Gasteiger charge is 2.19. The Labute approximate surface area is 206 Å². The Balaban J connectivity index is 0.00000324. The van der Waals surface area contributed by atoms with Crippen LogP contribution >= 0.6 is 12.4 Å². The molecule has 0 bridgehead atoms. The Morgan fingerprint density at radius 1 is 1.18 bits per heavy atom. The van der Waals surface area contributed by atoms with E-state index in [1.54, 1.807) is 13.2 Å². The van der Waals surface area contributed by atoms with Crippen molar-refractivity contribution in [1.82, 2.24) is 15.1 Å². The summed E-state index contributed by atoms with van der Waals surface area (Å²) in [5, 5.41) is 11.2. The highest BCUT2D eigenvalue weighted by molar-refractivity contribution is 5.95. The van der Waals surface area contributed by atoms with Gasteiger partial charge in [-0.3, -0.25) is 9.59 Å². The van der Waals surface area contributed by atoms with Gasteiger partial charge in [-0.25, -0.2) is 5.10 Å². The van der Waals surface area contributed by atoms with Crippen molar-refractivity contribution in [2.75, 3.05) is 38.7 Å². The third kappa shape index (κ3) is 6.65. The number of hydrogen-bond acceptors (Lipinski definition) is 5. The number of halogens is 1. The van der Waals surface area contributed by atoms with E-state index in [9.17, 15) is 9.59 Å². The van der Waals surface area contributed by atoms with Crippen molar-refractivity contribution in [3.8, 4) is 11.3 Å². The first kappa shape index (κ1) is 25.9. The zero-order valence-corrected chi connectivity index (χ0v) is 20.4. The first-order valence-electron chi connectivity index (χ1n) is 11.7. The largest absolute Gasteiger partial charge is 0.384 e. The summed E-state index contributed by atoms with van der Waals surface area (Å²) in [4.78, 5) is 27.1. The van der Waals surface area contributed by atoms with Crippen LogP contribution in [0.25, 0.3) is 22.0 Å². The molecule has 2 heterocycles. The molecule has 182 valence electrons. The van der Waals surface area contributed by atoms with Gasteiger partial charge in [-0.05, 0) is 62.9 Å². The van der Waals surface area contributed by atoms with Gasteiger partial charge in [0.05, 0.1) is 17.7 Å². The van der Waals surface area contributed by atoms with Crippen molar-refractivity contribution >= 4 is 34.8 Å². The highest BCUT2D eigenvalue weighted by atomic mass is 35.5. The maximum absolute atomic E-state index is 12.5. The van der Waals surface area contributed by atoms with Crippen molar-refractivity contribution in [3.63, 3.8) is 0 Å². The number of benzene rings is 2. The summed E-state index contributed by atoms with van der Waals surface area (Å²) < 4.78 is 5.31. The number of carbonyl (C=O) groups excluding carboxylic acids is 1. The molecule has 0 saturated carbocycles. The summed E-state index contributed by atoms with van der Waals surface area (Å²) in [6.07, 6.45) is 4.85. The smallest absolute Gasteiger partial charge is 0.272 e. The molecule has 3 aromatic rings. The van der Waals surface area contributed by atoms with Crippen LogP contribution in [0.5, 0.6) is 0 Å². The molecule has 1 aliphatic heterocycles. The number of amides is 1. The summed E-state index contributed by atoms with van der Waals surface area (Å²) in [6, 6.07) is 15.0. The summed E-state index contributed by atoms with van der Waals surface area (Å²) in [5.74, 6) is 0.649. The van der Waals surface area contributed by atoms with Gasteiger partial charge in [0.25, 0.3) is 5.56 Å². The van der Waals surface area contributed by atoms with Crippen molar-refractivity contribution in [2.24, 2.45) is 5.92 Å². The van der Waals surface area contributed by atoms with Crippen LogP contribution in [-0.2, 0) is 9.53 Å². The number of hydrogen-bond donors (Lipinski definition) is 2. The fourth-order valence-electron chi connectivity index (χ4n) is 4.65. The van der Waals surface area contributed by atoms with E-state index in [0.29, 0.717) is 23.4 Å². The molecule has 4 rings (SSSR count). The van der Waals surface area contributed by atoms with Crippen LogP contribution in [0.1, 0.15) is 32.1 Å². The van der Waals surface area contributed by atoms with E-state index < -0.39 is 0 Å². The minimum atomic E-state index is -0.211. The van der Waals surface area contributed by atoms with Crippen LogP contribution < -0.4 is 10.9 Å². The molecule has 34 heavy (non-hydrogen) atoms. The minimum Gasteiger partial charge on any atom is -0.384 e. The molecular weight excluding hydrogens is 452 g/mol. The number of likely N-dealkylation sites (tertiary alicyclic amines) is 1. The number of carbonyl (C=O) groups is 1. The maximum Gasteiger partial charge on any atom is 0.272 e. The van der Waals surface area contributed by atoms with Crippen molar-refractivity contribution in [3.05, 3.63) is 58.9 Å². The van der Waals surface area contributed by atoms with Crippen LogP contribution in [0.2, 0.25) is 0 Å². The molecular formula is C26H33ClN4O3. The van der Waals surface area contributed by atoms with Gasteiger partial charge in [-0.2, -0.15) is 5.10 Å². The molecule has 1 atom stereocenters. The second kappa shape index (κ2) is 12.6. The van der Waals surface area contributed by atoms with Crippen LogP contribution in [0.4, 0.5) is 5.69 Å². The Hall–Kier alpha value is -2.74. The number of aromatic amines is 1. The number of methoxy groups -OCH3 is 1. The van der Waals surface area contributed by atoms with E-state index in [1.807, 2.05) is 42.5 Å². The summed E-state index contributed by atoms with van der Waals surface area (Å²) in [5.41, 5.74) is 2.05. The predicted molar refractivity (Wildman–Crippen MR) is 139 cm³/mol. The van der Waals surface area contributed by atoms with Gasteiger partial charge in [-0.15, -0.1) is 12.4 Å².